The van der Waals surface area contributed by atoms with E-state index in [0.29, 0.717) is 21.5 Å². The molecule has 0 atom stereocenters. The molecule has 1 amide bonds. The second kappa shape index (κ2) is 7.16. The Morgan fingerprint density at radius 1 is 1.15 bits per heavy atom. The zero-order valence-electron chi connectivity index (χ0n) is 14.0. The average molecular weight is 383 g/mol. The first kappa shape index (κ1) is 17.2. The Kier molecular flexibility index (Phi) is 4.55. The summed E-state index contributed by atoms with van der Waals surface area (Å²) in [4.78, 5) is 28.9. The van der Waals surface area contributed by atoms with Crippen molar-refractivity contribution >= 4 is 28.3 Å². The van der Waals surface area contributed by atoms with Gasteiger partial charge in [0.2, 0.25) is 0 Å². The van der Waals surface area contributed by atoms with Crippen LogP contribution < -0.4 is 10.6 Å². The summed E-state index contributed by atoms with van der Waals surface area (Å²) in [5, 5.41) is 1.77. The summed E-state index contributed by atoms with van der Waals surface area (Å²) in [6, 6.07) is 13.3. The van der Waals surface area contributed by atoms with Crippen molar-refractivity contribution in [2.75, 3.05) is 0 Å². The molecule has 0 aliphatic heterocycles. The molecule has 4 rings (SSSR count). The lowest BCUT2D eigenvalue weighted by Crippen LogP contribution is -2.22. The number of aromatic nitrogens is 2. The number of benzene rings is 2. The van der Waals surface area contributed by atoms with Crippen molar-refractivity contribution in [3.05, 3.63) is 86.8 Å². The fourth-order valence-electron chi connectivity index (χ4n) is 2.76. The zero-order valence-corrected chi connectivity index (χ0v) is 14.9. The van der Waals surface area contributed by atoms with Crippen LogP contribution in [0.5, 0.6) is 0 Å². The van der Waals surface area contributed by atoms with E-state index in [4.69, 9.17) is 4.42 Å². The maximum Gasteiger partial charge on any atom is 0.420 e. The monoisotopic (exact) mass is 383 g/mol. The highest BCUT2D eigenvalue weighted by Gasteiger charge is 2.12. The lowest BCUT2D eigenvalue weighted by atomic mass is 10.2. The Morgan fingerprint density at radius 2 is 1.93 bits per heavy atom. The van der Waals surface area contributed by atoms with Gasteiger partial charge >= 0.3 is 5.76 Å². The van der Waals surface area contributed by atoms with Gasteiger partial charge in [0.25, 0.3) is 5.91 Å². The number of thiazole rings is 1. The van der Waals surface area contributed by atoms with Crippen LogP contribution >= 0.6 is 11.3 Å². The molecule has 0 bridgehead atoms. The van der Waals surface area contributed by atoms with E-state index >= 15 is 0 Å². The van der Waals surface area contributed by atoms with E-state index in [1.54, 1.807) is 58.6 Å². The second-order valence-corrected chi connectivity index (χ2v) is 6.71. The van der Waals surface area contributed by atoms with Crippen LogP contribution in [0.25, 0.3) is 11.1 Å². The van der Waals surface area contributed by atoms with Crippen LogP contribution in [-0.4, -0.2) is 15.0 Å². The highest BCUT2D eigenvalue weighted by molar-refractivity contribution is 7.07. The first-order chi connectivity index (χ1) is 13.1. The molecule has 2 aromatic heterocycles. The number of amides is 1. The highest BCUT2D eigenvalue weighted by atomic mass is 32.1. The molecule has 6 nitrogen and oxygen atoms in total. The molecule has 0 spiro atoms. The van der Waals surface area contributed by atoms with Crippen LogP contribution in [0, 0.1) is 5.82 Å². The van der Waals surface area contributed by atoms with Crippen molar-refractivity contribution in [1.82, 2.24) is 9.13 Å². The summed E-state index contributed by atoms with van der Waals surface area (Å²) in [6.45, 7) is 0.0321. The molecule has 0 radical (unpaired) electrons. The van der Waals surface area contributed by atoms with E-state index in [0.717, 1.165) is 0 Å². The van der Waals surface area contributed by atoms with Gasteiger partial charge in [0.1, 0.15) is 12.4 Å². The molecule has 0 unspecified atom stereocenters. The van der Waals surface area contributed by atoms with Crippen molar-refractivity contribution in [2.24, 2.45) is 4.99 Å². The van der Waals surface area contributed by atoms with Crippen LogP contribution in [0.1, 0.15) is 5.56 Å². The predicted molar refractivity (Wildman–Crippen MR) is 98.9 cm³/mol. The molecule has 0 aliphatic rings. The SMILES string of the molecule is O=C(Cn1c(=O)oc2ccccc21)N=c1sccn1Cc1ccccc1F. The van der Waals surface area contributed by atoms with E-state index in [9.17, 15) is 14.0 Å². The molecule has 0 aliphatic carbocycles. The summed E-state index contributed by atoms with van der Waals surface area (Å²) < 4.78 is 21.9. The number of halogens is 1. The molecule has 0 fully saturated rings. The van der Waals surface area contributed by atoms with Crippen molar-refractivity contribution in [3.8, 4) is 0 Å². The molecule has 27 heavy (non-hydrogen) atoms. The van der Waals surface area contributed by atoms with Crippen LogP contribution in [0.3, 0.4) is 0 Å². The summed E-state index contributed by atoms with van der Waals surface area (Å²) in [5.41, 5.74) is 1.46. The Morgan fingerprint density at radius 3 is 2.78 bits per heavy atom. The molecule has 0 saturated heterocycles. The lowest BCUT2D eigenvalue weighted by molar-refractivity contribution is -0.118. The lowest BCUT2D eigenvalue weighted by Gasteiger charge is -2.04. The molecular formula is C19H14FN3O3S. The maximum atomic E-state index is 13.9. The molecule has 0 saturated carbocycles. The fourth-order valence-corrected chi connectivity index (χ4v) is 3.50. The third-order valence-corrected chi connectivity index (χ3v) is 4.84. The summed E-state index contributed by atoms with van der Waals surface area (Å²) in [7, 11) is 0. The van der Waals surface area contributed by atoms with Crippen LogP contribution in [0.2, 0.25) is 0 Å². The van der Waals surface area contributed by atoms with E-state index < -0.39 is 11.7 Å². The number of oxazole rings is 1. The van der Waals surface area contributed by atoms with Crippen molar-refractivity contribution < 1.29 is 13.6 Å². The Hall–Kier alpha value is -3.26. The number of hydrogen-bond acceptors (Lipinski definition) is 4. The molecule has 8 heteroatoms. The third-order valence-electron chi connectivity index (χ3n) is 4.05. The minimum atomic E-state index is -0.606. The van der Waals surface area contributed by atoms with Gasteiger partial charge in [-0.25, -0.2) is 9.18 Å². The standard InChI is InChI=1S/C19H14FN3O3S/c20-14-6-2-1-5-13(14)11-22-9-10-27-18(22)21-17(24)12-23-15-7-3-4-8-16(15)26-19(23)25/h1-10H,11-12H2. The van der Waals surface area contributed by atoms with Gasteiger partial charge in [-0.05, 0) is 18.2 Å². The quantitative estimate of drug-likeness (QED) is 0.544. The number of para-hydroxylation sites is 2. The first-order valence-corrected chi connectivity index (χ1v) is 9.03. The van der Waals surface area contributed by atoms with Crippen molar-refractivity contribution in [1.29, 1.82) is 0 Å². The smallest absolute Gasteiger partial charge is 0.408 e. The molecule has 2 heterocycles. The van der Waals surface area contributed by atoms with E-state index in [2.05, 4.69) is 4.99 Å². The molecule has 4 aromatic rings. The number of carbonyl (C=O) groups excluding carboxylic acids is 1. The highest BCUT2D eigenvalue weighted by Crippen LogP contribution is 2.12. The van der Waals surface area contributed by atoms with Crippen LogP contribution in [-0.2, 0) is 17.9 Å². The number of rotatable bonds is 4. The summed E-state index contributed by atoms with van der Waals surface area (Å²) >= 11 is 1.27. The van der Waals surface area contributed by atoms with Gasteiger partial charge in [0.05, 0.1) is 12.1 Å². The normalized spacial score (nSPS) is 12.0. The zero-order chi connectivity index (χ0) is 18.8. The largest absolute Gasteiger partial charge is 0.420 e. The number of carbonyl (C=O) groups is 1. The minimum Gasteiger partial charge on any atom is -0.408 e. The van der Waals surface area contributed by atoms with Crippen molar-refractivity contribution in [2.45, 2.75) is 13.1 Å². The predicted octanol–water partition coefficient (Wildman–Crippen LogP) is 2.77. The number of fused-ring (bicyclic) bond motifs is 1. The van der Waals surface area contributed by atoms with E-state index in [1.165, 1.54) is 22.0 Å². The van der Waals surface area contributed by atoms with Gasteiger partial charge in [-0.15, -0.1) is 11.3 Å². The van der Waals surface area contributed by atoms with Gasteiger partial charge in [-0.2, -0.15) is 4.99 Å². The maximum absolute atomic E-state index is 13.9. The first-order valence-electron chi connectivity index (χ1n) is 8.15. The van der Waals surface area contributed by atoms with Crippen LogP contribution in [0.4, 0.5) is 4.39 Å². The minimum absolute atomic E-state index is 0.229. The van der Waals surface area contributed by atoms with Crippen molar-refractivity contribution in [3.63, 3.8) is 0 Å². The fraction of sp³-hybridized carbons (Fsp3) is 0.105. The molecular weight excluding hydrogens is 369 g/mol. The van der Waals surface area contributed by atoms with Gasteiger partial charge in [-0.1, -0.05) is 30.3 Å². The summed E-state index contributed by atoms with van der Waals surface area (Å²) in [5.74, 6) is -1.41. The second-order valence-electron chi connectivity index (χ2n) is 5.83. The Bertz CT molecular complexity index is 1250. The van der Waals surface area contributed by atoms with Gasteiger partial charge in [0.15, 0.2) is 10.4 Å². The number of hydrogen-bond donors (Lipinski definition) is 0. The topological polar surface area (TPSA) is 69.5 Å². The number of nitrogens with zero attached hydrogens (tertiary/aromatic N) is 3. The molecule has 0 N–H and O–H groups in total. The van der Waals surface area contributed by atoms with E-state index in [1.807, 2.05) is 0 Å². The van der Waals surface area contributed by atoms with Crippen LogP contribution in [0.15, 0.2) is 74.3 Å². The third kappa shape index (κ3) is 3.52. The molecule has 2 aromatic carbocycles. The Labute approximate surface area is 156 Å². The van der Waals surface area contributed by atoms with Gasteiger partial charge in [0, 0.05) is 17.1 Å². The average Bonchev–Trinajstić information content (AvgIpc) is 3.21. The van der Waals surface area contributed by atoms with Gasteiger partial charge in [-0.3, -0.25) is 9.36 Å². The van der Waals surface area contributed by atoms with Gasteiger partial charge < -0.3 is 8.98 Å². The molecule has 136 valence electrons. The van der Waals surface area contributed by atoms with E-state index in [-0.39, 0.29) is 18.9 Å². The Balaban J connectivity index is 1.62. The summed E-state index contributed by atoms with van der Waals surface area (Å²) in [6.07, 6.45) is 1.74.